The molecule has 1 aromatic carbocycles. The fourth-order valence-corrected chi connectivity index (χ4v) is 2.50. The predicted octanol–water partition coefficient (Wildman–Crippen LogP) is 1.94. The van der Waals surface area contributed by atoms with Gasteiger partial charge in [0, 0.05) is 10.6 Å². The summed E-state index contributed by atoms with van der Waals surface area (Å²) in [5.74, 6) is 1.10. The molecule has 78 valence electrons. The minimum atomic E-state index is -0.937. The van der Waals surface area contributed by atoms with Crippen LogP contribution in [0, 0.1) is 5.92 Å². The smallest absolute Gasteiger partial charge is 0.0682 e. The molecule has 0 aromatic heterocycles. The van der Waals surface area contributed by atoms with Crippen LogP contribution in [0.4, 0.5) is 0 Å². The highest BCUT2D eigenvalue weighted by molar-refractivity contribution is 7.85. The lowest BCUT2D eigenvalue weighted by atomic mass is 10.2. The van der Waals surface area contributed by atoms with Crippen LogP contribution in [0.25, 0.3) is 0 Å². The molecule has 0 bridgehead atoms. The van der Waals surface area contributed by atoms with Gasteiger partial charge in [-0.15, -0.1) is 0 Å². The highest BCUT2D eigenvalue weighted by Gasteiger charge is 2.06. The van der Waals surface area contributed by atoms with Crippen LogP contribution in [0.3, 0.4) is 0 Å². The van der Waals surface area contributed by atoms with E-state index in [2.05, 4.69) is 0 Å². The van der Waals surface area contributed by atoms with Crippen molar-refractivity contribution in [3.8, 4) is 0 Å². The molecule has 0 saturated carbocycles. The van der Waals surface area contributed by atoms with Gasteiger partial charge in [-0.25, -0.2) is 0 Å². The van der Waals surface area contributed by atoms with Crippen LogP contribution in [0.2, 0.25) is 0 Å². The lowest BCUT2D eigenvalue weighted by Gasteiger charge is -2.06. The van der Waals surface area contributed by atoms with Crippen molar-refractivity contribution in [2.75, 3.05) is 5.75 Å². The molecule has 3 heteroatoms. The molecule has 0 heterocycles. The standard InChI is InChI=1S/C11H16O2S/c1-9(2)8-14(13)11-5-3-4-10(6-11)7-12/h3-6,9,12H,7-8H2,1-2H3. The summed E-state index contributed by atoms with van der Waals surface area (Å²) in [6.45, 7) is 4.11. The number of rotatable bonds is 4. The van der Waals surface area contributed by atoms with Gasteiger partial charge in [0.05, 0.1) is 17.4 Å². The van der Waals surface area contributed by atoms with E-state index < -0.39 is 10.8 Å². The second-order valence-corrected chi connectivity index (χ2v) is 5.21. The van der Waals surface area contributed by atoms with Gasteiger partial charge in [-0.2, -0.15) is 0 Å². The van der Waals surface area contributed by atoms with Gasteiger partial charge < -0.3 is 5.11 Å². The van der Waals surface area contributed by atoms with Gasteiger partial charge in [0.1, 0.15) is 0 Å². The van der Waals surface area contributed by atoms with Crippen molar-refractivity contribution in [3.63, 3.8) is 0 Å². The Bertz CT molecular complexity index is 321. The van der Waals surface area contributed by atoms with E-state index in [0.717, 1.165) is 10.5 Å². The molecule has 0 aliphatic rings. The number of aliphatic hydroxyl groups is 1. The second kappa shape index (κ2) is 5.27. The van der Waals surface area contributed by atoms with Crippen LogP contribution < -0.4 is 0 Å². The molecule has 1 atom stereocenters. The fraction of sp³-hybridized carbons (Fsp3) is 0.455. The van der Waals surface area contributed by atoms with Crippen LogP contribution in [-0.4, -0.2) is 15.1 Å². The largest absolute Gasteiger partial charge is 0.392 e. The summed E-state index contributed by atoms with van der Waals surface area (Å²) in [5.41, 5.74) is 0.819. The quantitative estimate of drug-likeness (QED) is 0.828. The second-order valence-electron chi connectivity index (χ2n) is 3.71. The van der Waals surface area contributed by atoms with Crippen molar-refractivity contribution in [3.05, 3.63) is 29.8 Å². The van der Waals surface area contributed by atoms with Gasteiger partial charge in [-0.3, -0.25) is 4.21 Å². The molecule has 1 aromatic rings. The van der Waals surface area contributed by atoms with E-state index in [1.165, 1.54) is 0 Å². The molecule has 0 amide bonds. The maximum atomic E-state index is 11.8. The van der Waals surface area contributed by atoms with E-state index in [0.29, 0.717) is 11.7 Å². The lowest BCUT2D eigenvalue weighted by molar-refractivity contribution is 0.281. The van der Waals surface area contributed by atoms with E-state index >= 15 is 0 Å². The third-order valence-electron chi connectivity index (χ3n) is 1.83. The molecule has 1 unspecified atom stereocenters. The van der Waals surface area contributed by atoms with Crippen molar-refractivity contribution in [2.24, 2.45) is 5.92 Å². The molecule has 0 saturated heterocycles. The van der Waals surface area contributed by atoms with Crippen LogP contribution in [-0.2, 0) is 17.4 Å². The summed E-state index contributed by atoms with van der Waals surface area (Å²) >= 11 is 0. The summed E-state index contributed by atoms with van der Waals surface area (Å²) in [6.07, 6.45) is 0. The molecule has 1 N–H and O–H groups in total. The number of aliphatic hydroxyl groups excluding tert-OH is 1. The molecule has 0 fully saturated rings. The van der Waals surface area contributed by atoms with Gasteiger partial charge >= 0.3 is 0 Å². The van der Waals surface area contributed by atoms with Crippen LogP contribution in [0.15, 0.2) is 29.2 Å². The van der Waals surface area contributed by atoms with Crippen molar-refractivity contribution >= 4 is 10.8 Å². The van der Waals surface area contributed by atoms with E-state index in [-0.39, 0.29) is 6.61 Å². The van der Waals surface area contributed by atoms with E-state index in [9.17, 15) is 4.21 Å². The molecular formula is C11H16O2S. The molecular weight excluding hydrogens is 196 g/mol. The first-order valence-electron chi connectivity index (χ1n) is 4.71. The number of benzene rings is 1. The minimum Gasteiger partial charge on any atom is -0.392 e. The maximum Gasteiger partial charge on any atom is 0.0682 e. The molecule has 0 radical (unpaired) electrons. The first-order chi connectivity index (χ1) is 6.63. The average Bonchev–Trinajstić information content (AvgIpc) is 2.17. The zero-order valence-electron chi connectivity index (χ0n) is 8.56. The van der Waals surface area contributed by atoms with Crippen LogP contribution >= 0.6 is 0 Å². The summed E-state index contributed by atoms with van der Waals surface area (Å²) in [6, 6.07) is 7.31. The Balaban J connectivity index is 2.79. The zero-order chi connectivity index (χ0) is 10.6. The van der Waals surface area contributed by atoms with E-state index in [1.807, 2.05) is 32.0 Å². The Morgan fingerprint density at radius 1 is 1.43 bits per heavy atom. The predicted molar refractivity (Wildman–Crippen MR) is 58.5 cm³/mol. The SMILES string of the molecule is CC(C)CS(=O)c1cccc(CO)c1. The Hall–Kier alpha value is -0.670. The summed E-state index contributed by atoms with van der Waals surface area (Å²) in [7, 11) is -0.937. The highest BCUT2D eigenvalue weighted by Crippen LogP contribution is 2.12. The minimum absolute atomic E-state index is 0.00667. The summed E-state index contributed by atoms with van der Waals surface area (Å²) in [5, 5.41) is 8.93. The molecule has 0 aliphatic heterocycles. The Labute approximate surface area is 87.4 Å². The lowest BCUT2D eigenvalue weighted by Crippen LogP contribution is -2.04. The molecule has 2 nitrogen and oxygen atoms in total. The Morgan fingerprint density at radius 2 is 2.14 bits per heavy atom. The molecule has 1 rings (SSSR count). The van der Waals surface area contributed by atoms with Gasteiger partial charge in [0.25, 0.3) is 0 Å². The van der Waals surface area contributed by atoms with Crippen molar-refractivity contribution in [1.82, 2.24) is 0 Å². The van der Waals surface area contributed by atoms with E-state index in [4.69, 9.17) is 5.11 Å². The van der Waals surface area contributed by atoms with Crippen molar-refractivity contribution < 1.29 is 9.32 Å². The van der Waals surface area contributed by atoms with Crippen LogP contribution in [0.1, 0.15) is 19.4 Å². The summed E-state index contributed by atoms with van der Waals surface area (Å²) in [4.78, 5) is 0.810. The highest BCUT2D eigenvalue weighted by atomic mass is 32.2. The van der Waals surface area contributed by atoms with Gasteiger partial charge in [0.15, 0.2) is 0 Å². The zero-order valence-corrected chi connectivity index (χ0v) is 9.38. The first kappa shape index (κ1) is 11.4. The van der Waals surface area contributed by atoms with E-state index in [1.54, 1.807) is 6.07 Å². The van der Waals surface area contributed by atoms with Crippen molar-refractivity contribution in [2.45, 2.75) is 25.3 Å². The number of hydrogen-bond acceptors (Lipinski definition) is 2. The normalized spacial score (nSPS) is 13.1. The third-order valence-corrected chi connectivity index (χ3v) is 3.58. The third kappa shape index (κ3) is 3.24. The van der Waals surface area contributed by atoms with Crippen LogP contribution in [0.5, 0.6) is 0 Å². The van der Waals surface area contributed by atoms with Crippen molar-refractivity contribution in [1.29, 1.82) is 0 Å². The fourth-order valence-electron chi connectivity index (χ4n) is 1.18. The molecule has 0 spiro atoms. The first-order valence-corrected chi connectivity index (χ1v) is 6.03. The topological polar surface area (TPSA) is 37.3 Å². The summed E-state index contributed by atoms with van der Waals surface area (Å²) < 4.78 is 11.8. The Kier molecular flexibility index (Phi) is 4.29. The maximum absolute atomic E-state index is 11.8. The average molecular weight is 212 g/mol. The van der Waals surface area contributed by atoms with Gasteiger partial charge in [0.2, 0.25) is 0 Å². The monoisotopic (exact) mass is 212 g/mol. The molecule has 0 aliphatic carbocycles. The van der Waals surface area contributed by atoms with Gasteiger partial charge in [-0.05, 0) is 23.6 Å². The number of hydrogen-bond donors (Lipinski definition) is 1. The Morgan fingerprint density at radius 3 is 2.71 bits per heavy atom. The molecule has 14 heavy (non-hydrogen) atoms. The van der Waals surface area contributed by atoms with Gasteiger partial charge in [-0.1, -0.05) is 26.0 Å².